The van der Waals surface area contributed by atoms with E-state index < -0.39 is 0 Å². The number of nitrogens with one attached hydrogen (secondary N) is 1. The van der Waals surface area contributed by atoms with Gasteiger partial charge in [0.1, 0.15) is 0 Å². The fourth-order valence-electron chi connectivity index (χ4n) is 3.55. The van der Waals surface area contributed by atoms with E-state index in [-0.39, 0.29) is 0 Å². The smallest absolute Gasteiger partial charge is 0.0475 e. The van der Waals surface area contributed by atoms with Gasteiger partial charge in [0.05, 0.1) is 0 Å². The van der Waals surface area contributed by atoms with Crippen LogP contribution in [0.5, 0.6) is 0 Å². The largest absolute Gasteiger partial charge is 0.312 e. The van der Waals surface area contributed by atoms with Gasteiger partial charge >= 0.3 is 0 Å². The Morgan fingerprint density at radius 3 is 2.50 bits per heavy atom. The molecule has 0 amide bonds. The van der Waals surface area contributed by atoms with Crippen molar-refractivity contribution in [2.24, 2.45) is 0 Å². The molecule has 0 spiro atoms. The lowest BCUT2D eigenvalue weighted by Gasteiger charge is -2.45. The predicted octanol–water partition coefficient (Wildman–Crippen LogP) is 2.36. The topological polar surface area (TPSA) is 18.5 Å². The van der Waals surface area contributed by atoms with Crippen LogP contribution >= 0.6 is 0 Å². The summed E-state index contributed by atoms with van der Waals surface area (Å²) >= 11 is 0. The number of rotatable bonds is 5. The molecule has 0 bridgehead atoms. The second kappa shape index (κ2) is 7.21. The van der Waals surface area contributed by atoms with Crippen molar-refractivity contribution >= 4 is 0 Å². The Hall–Kier alpha value is -0.900. The molecule has 1 fully saturated rings. The molecule has 3 heteroatoms. The first-order valence-electron chi connectivity index (χ1n) is 7.83. The van der Waals surface area contributed by atoms with Crippen LogP contribution in [0.2, 0.25) is 0 Å². The molecule has 1 saturated heterocycles. The minimum atomic E-state index is 0.409. The minimum Gasteiger partial charge on any atom is -0.312 e. The maximum absolute atomic E-state index is 3.54. The van der Waals surface area contributed by atoms with Gasteiger partial charge in [-0.2, -0.15) is 0 Å². The molecule has 112 valence electrons. The summed E-state index contributed by atoms with van der Waals surface area (Å²) in [6, 6.07) is 12.4. The molecule has 0 saturated carbocycles. The van der Waals surface area contributed by atoms with E-state index >= 15 is 0 Å². The fourth-order valence-corrected chi connectivity index (χ4v) is 3.55. The third kappa shape index (κ3) is 3.40. The lowest BCUT2D eigenvalue weighted by Crippen LogP contribution is -2.56. The van der Waals surface area contributed by atoms with Gasteiger partial charge in [-0.3, -0.25) is 4.90 Å². The van der Waals surface area contributed by atoms with E-state index in [2.05, 4.69) is 73.4 Å². The van der Waals surface area contributed by atoms with Crippen LogP contribution in [0.1, 0.15) is 31.9 Å². The van der Waals surface area contributed by atoms with E-state index in [1.165, 1.54) is 31.6 Å². The highest BCUT2D eigenvalue weighted by Crippen LogP contribution is 2.26. The van der Waals surface area contributed by atoms with E-state index in [9.17, 15) is 0 Å². The van der Waals surface area contributed by atoms with Crippen molar-refractivity contribution in [2.75, 3.05) is 33.7 Å². The third-order valence-electron chi connectivity index (χ3n) is 4.58. The Morgan fingerprint density at radius 1 is 1.25 bits per heavy atom. The van der Waals surface area contributed by atoms with Gasteiger partial charge in [0.2, 0.25) is 0 Å². The SMILES string of the molecule is CCC(C(NC)c1ccccc1)N1CCN(C)CC1C. The molecule has 1 aromatic rings. The summed E-state index contributed by atoms with van der Waals surface area (Å²) in [5.41, 5.74) is 1.40. The zero-order valence-electron chi connectivity index (χ0n) is 13.3. The molecule has 0 aromatic heterocycles. The van der Waals surface area contributed by atoms with E-state index in [1.54, 1.807) is 0 Å². The Kier molecular flexibility index (Phi) is 5.58. The van der Waals surface area contributed by atoms with Crippen molar-refractivity contribution in [3.63, 3.8) is 0 Å². The highest BCUT2D eigenvalue weighted by molar-refractivity contribution is 5.21. The second-order valence-corrected chi connectivity index (χ2v) is 6.00. The van der Waals surface area contributed by atoms with E-state index in [0.29, 0.717) is 18.1 Å². The lowest BCUT2D eigenvalue weighted by molar-refractivity contribution is 0.0438. The third-order valence-corrected chi connectivity index (χ3v) is 4.58. The molecular formula is C17H29N3. The fraction of sp³-hybridized carbons (Fsp3) is 0.647. The van der Waals surface area contributed by atoms with Crippen molar-refractivity contribution in [1.82, 2.24) is 15.1 Å². The molecule has 1 aromatic carbocycles. The zero-order valence-corrected chi connectivity index (χ0v) is 13.3. The van der Waals surface area contributed by atoms with Gasteiger partial charge in [0.15, 0.2) is 0 Å². The van der Waals surface area contributed by atoms with E-state index in [0.717, 1.165) is 0 Å². The predicted molar refractivity (Wildman–Crippen MR) is 86.0 cm³/mol. The Balaban J connectivity index is 2.17. The number of piperazine rings is 1. The first-order chi connectivity index (χ1) is 9.67. The lowest BCUT2D eigenvalue weighted by atomic mass is 9.94. The highest BCUT2D eigenvalue weighted by atomic mass is 15.3. The zero-order chi connectivity index (χ0) is 14.5. The average molecular weight is 275 g/mol. The van der Waals surface area contributed by atoms with Crippen LogP contribution in [0.25, 0.3) is 0 Å². The van der Waals surface area contributed by atoms with Crippen LogP contribution in [0.15, 0.2) is 30.3 Å². The molecule has 1 aliphatic rings. The highest BCUT2D eigenvalue weighted by Gasteiger charge is 2.32. The van der Waals surface area contributed by atoms with Gasteiger partial charge in [-0.1, -0.05) is 37.3 Å². The maximum atomic E-state index is 3.54. The van der Waals surface area contributed by atoms with E-state index in [1.807, 2.05) is 0 Å². The molecule has 1 N–H and O–H groups in total. The standard InChI is InChI=1S/C17H29N3/c1-5-16(20-12-11-19(4)13-14(20)2)17(18-3)15-9-7-6-8-10-15/h6-10,14,16-18H,5,11-13H2,1-4H3. The molecule has 20 heavy (non-hydrogen) atoms. The number of hydrogen-bond donors (Lipinski definition) is 1. The minimum absolute atomic E-state index is 0.409. The van der Waals surface area contributed by atoms with Gasteiger partial charge in [-0.25, -0.2) is 0 Å². The molecule has 1 aliphatic heterocycles. The Morgan fingerprint density at radius 2 is 1.95 bits per heavy atom. The van der Waals surface area contributed by atoms with Crippen LogP contribution in [-0.2, 0) is 0 Å². The van der Waals surface area contributed by atoms with Crippen molar-refractivity contribution in [2.45, 2.75) is 38.4 Å². The van der Waals surface area contributed by atoms with Crippen molar-refractivity contribution in [1.29, 1.82) is 0 Å². The van der Waals surface area contributed by atoms with Gasteiger partial charge in [-0.05, 0) is 33.0 Å². The number of hydrogen-bond acceptors (Lipinski definition) is 3. The van der Waals surface area contributed by atoms with Crippen LogP contribution < -0.4 is 5.32 Å². The number of benzene rings is 1. The maximum Gasteiger partial charge on any atom is 0.0475 e. The average Bonchev–Trinajstić information content (AvgIpc) is 2.46. The van der Waals surface area contributed by atoms with Crippen molar-refractivity contribution in [3.8, 4) is 0 Å². The van der Waals surface area contributed by atoms with Crippen LogP contribution in [-0.4, -0.2) is 55.6 Å². The molecule has 3 unspecified atom stereocenters. The van der Waals surface area contributed by atoms with Crippen LogP contribution in [0, 0.1) is 0 Å². The van der Waals surface area contributed by atoms with Crippen LogP contribution in [0.4, 0.5) is 0 Å². The first kappa shape index (κ1) is 15.5. The number of likely N-dealkylation sites (N-methyl/N-ethyl adjacent to an activating group) is 2. The van der Waals surface area contributed by atoms with Gasteiger partial charge in [0, 0.05) is 37.8 Å². The van der Waals surface area contributed by atoms with Crippen LogP contribution in [0.3, 0.4) is 0 Å². The molecule has 0 radical (unpaired) electrons. The van der Waals surface area contributed by atoms with Gasteiger partial charge in [-0.15, -0.1) is 0 Å². The summed E-state index contributed by atoms with van der Waals surface area (Å²) in [5.74, 6) is 0. The Bertz CT molecular complexity index is 392. The second-order valence-electron chi connectivity index (χ2n) is 6.00. The molecule has 3 nitrogen and oxygen atoms in total. The first-order valence-corrected chi connectivity index (χ1v) is 7.83. The normalized spacial score (nSPS) is 24.5. The van der Waals surface area contributed by atoms with Gasteiger partial charge < -0.3 is 10.2 Å². The summed E-state index contributed by atoms with van der Waals surface area (Å²) in [4.78, 5) is 5.12. The number of nitrogens with zero attached hydrogens (tertiary/aromatic N) is 2. The van der Waals surface area contributed by atoms with E-state index in [4.69, 9.17) is 0 Å². The summed E-state index contributed by atoms with van der Waals surface area (Å²) in [6.07, 6.45) is 1.18. The summed E-state index contributed by atoms with van der Waals surface area (Å²) in [5, 5.41) is 3.54. The quantitative estimate of drug-likeness (QED) is 0.890. The summed E-state index contributed by atoms with van der Waals surface area (Å²) in [7, 11) is 4.31. The summed E-state index contributed by atoms with van der Waals surface area (Å²) in [6.45, 7) is 8.17. The summed E-state index contributed by atoms with van der Waals surface area (Å²) < 4.78 is 0. The molecule has 3 atom stereocenters. The molecular weight excluding hydrogens is 246 g/mol. The van der Waals surface area contributed by atoms with Gasteiger partial charge in [0.25, 0.3) is 0 Å². The molecule has 0 aliphatic carbocycles. The monoisotopic (exact) mass is 275 g/mol. The molecule has 2 rings (SSSR count). The van der Waals surface area contributed by atoms with Crippen molar-refractivity contribution < 1.29 is 0 Å². The Labute approximate surface area is 124 Å². The molecule has 1 heterocycles. The van der Waals surface area contributed by atoms with Crippen molar-refractivity contribution in [3.05, 3.63) is 35.9 Å².